The van der Waals surface area contributed by atoms with E-state index in [9.17, 15) is 13.6 Å². The van der Waals surface area contributed by atoms with E-state index in [0.29, 0.717) is 12.0 Å². The van der Waals surface area contributed by atoms with Crippen LogP contribution in [0, 0.1) is 11.6 Å². The number of ether oxygens (including phenoxy) is 1. The molecule has 0 amide bonds. The van der Waals surface area contributed by atoms with Crippen molar-refractivity contribution >= 4 is 5.97 Å². The van der Waals surface area contributed by atoms with Gasteiger partial charge in [-0.15, -0.1) is 0 Å². The monoisotopic (exact) mass is 328 g/mol. The summed E-state index contributed by atoms with van der Waals surface area (Å²) in [5.41, 5.74) is 2.71. The van der Waals surface area contributed by atoms with E-state index in [1.165, 1.54) is 35.9 Å². The summed E-state index contributed by atoms with van der Waals surface area (Å²) in [6.45, 7) is 2.12. The van der Waals surface area contributed by atoms with Gasteiger partial charge >= 0.3 is 5.97 Å². The van der Waals surface area contributed by atoms with Crippen LogP contribution in [0.15, 0.2) is 48.0 Å². The summed E-state index contributed by atoms with van der Waals surface area (Å²) < 4.78 is 32.7. The van der Waals surface area contributed by atoms with Crippen molar-refractivity contribution in [2.24, 2.45) is 0 Å². The number of fused-ring (bicyclic) bond motifs is 1. The first kappa shape index (κ1) is 16.4. The topological polar surface area (TPSA) is 26.3 Å². The molecule has 0 unspecified atom stereocenters. The number of esters is 1. The van der Waals surface area contributed by atoms with Gasteiger partial charge in [0, 0.05) is 0 Å². The number of allylic oxidation sites excluding steroid dienone is 2. The molecule has 0 aromatic heterocycles. The highest BCUT2D eigenvalue weighted by Gasteiger charge is 2.22. The number of hydrogen-bond acceptors (Lipinski definition) is 2. The molecule has 2 aromatic carbocycles. The summed E-state index contributed by atoms with van der Waals surface area (Å²) in [4.78, 5) is 12.2. The van der Waals surface area contributed by atoms with Gasteiger partial charge in [0.05, 0.1) is 5.56 Å². The van der Waals surface area contributed by atoms with Gasteiger partial charge in [0.1, 0.15) is 17.4 Å². The highest BCUT2D eigenvalue weighted by atomic mass is 19.1. The Hall–Kier alpha value is -2.49. The Kier molecular flexibility index (Phi) is 4.74. The number of hydrogen-bond donors (Lipinski definition) is 0. The Morgan fingerprint density at radius 1 is 1.12 bits per heavy atom. The second-order valence-corrected chi connectivity index (χ2v) is 5.90. The van der Waals surface area contributed by atoms with Gasteiger partial charge in [-0.25, -0.2) is 13.6 Å². The molecule has 4 heteroatoms. The first-order valence-electron chi connectivity index (χ1n) is 8.04. The molecule has 1 aliphatic rings. The van der Waals surface area contributed by atoms with E-state index in [-0.39, 0.29) is 11.3 Å². The highest BCUT2D eigenvalue weighted by molar-refractivity contribution is 5.91. The zero-order valence-electron chi connectivity index (χ0n) is 13.4. The van der Waals surface area contributed by atoms with Gasteiger partial charge in [-0.3, -0.25) is 0 Å². The minimum Gasteiger partial charge on any atom is -0.423 e. The molecule has 0 fully saturated rings. The Balaban J connectivity index is 1.81. The number of carbonyl (C=O) groups is 1. The lowest BCUT2D eigenvalue weighted by Gasteiger charge is -2.18. The maximum Gasteiger partial charge on any atom is 0.346 e. The van der Waals surface area contributed by atoms with Crippen molar-refractivity contribution in [3.8, 4) is 5.75 Å². The third kappa shape index (κ3) is 3.37. The highest BCUT2D eigenvalue weighted by Crippen LogP contribution is 2.28. The average Bonchev–Trinajstić information content (AvgIpc) is 2.57. The van der Waals surface area contributed by atoms with Crippen LogP contribution >= 0.6 is 0 Å². The lowest BCUT2D eigenvalue weighted by atomic mass is 9.88. The van der Waals surface area contributed by atoms with Gasteiger partial charge in [0.15, 0.2) is 0 Å². The summed E-state index contributed by atoms with van der Waals surface area (Å²) in [6, 6.07) is 8.31. The summed E-state index contributed by atoms with van der Waals surface area (Å²) in [5.74, 6) is -1.54. The summed E-state index contributed by atoms with van der Waals surface area (Å²) in [6.07, 6.45) is 5.34. The van der Waals surface area contributed by atoms with Crippen LogP contribution in [0.25, 0.3) is 0 Å². The predicted molar refractivity (Wildman–Crippen MR) is 88.2 cm³/mol. The molecule has 124 valence electrons. The number of halogens is 2. The van der Waals surface area contributed by atoms with Crippen molar-refractivity contribution in [1.82, 2.24) is 0 Å². The average molecular weight is 328 g/mol. The molecule has 1 aliphatic carbocycles. The van der Waals surface area contributed by atoms with Crippen LogP contribution in [0.1, 0.15) is 41.3 Å². The van der Waals surface area contributed by atoms with Gasteiger partial charge in [-0.1, -0.05) is 31.1 Å². The number of carbonyl (C=O) groups excluding carboxylic acids is 1. The van der Waals surface area contributed by atoms with E-state index in [1.807, 2.05) is 6.08 Å². The predicted octanol–water partition coefficient (Wildman–Crippen LogP) is 5.01. The molecule has 0 spiro atoms. The molecular formula is C20H18F2O2. The van der Waals surface area contributed by atoms with Crippen molar-refractivity contribution in [3.63, 3.8) is 0 Å². The molecule has 24 heavy (non-hydrogen) atoms. The normalized spacial score (nSPS) is 13.2. The van der Waals surface area contributed by atoms with E-state index in [0.717, 1.165) is 24.8 Å². The second kappa shape index (κ2) is 6.95. The molecule has 0 atom stereocenters. The van der Waals surface area contributed by atoms with Crippen molar-refractivity contribution in [1.29, 1.82) is 0 Å². The summed E-state index contributed by atoms with van der Waals surface area (Å²) in [5, 5.41) is 0. The van der Waals surface area contributed by atoms with Crippen molar-refractivity contribution in [3.05, 3.63) is 76.4 Å². The molecule has 0 saturated carbocycles. The van der Waals surface area contributed by atoms with Crippen LogP contribution in [-0.2, 0) is 12.8 Å². The molecule has 0 N–H and O–H groups in total. The Morgan fingerprint density at radius 3 is 2.58 bits per heavy atom. The van der Waals surface area contributed by atoms with Crippen molar-refractivity contribution < 1.29 is 18.3 Å². The smallest absolute Gasteiger partial charge is 0.346 e. The molecule has 3 rings (SSSR count). The minimum atomic E-state index is -0.773. The summed E-state index contributed by atoms with van der Waals surface area (Å²) >= 11 is 0. The fourth-order valence-corrected chi connectivity index (χ4v) is 2.94. The zero-order valence-corrected chi connectivity index (χ0v) is 13.4. The SMILES string of the molecule is CCCC1=CCc2c(ccc(C(=O)Oc3ccc(F)cc3)c2F)C1. The largest absolute Gasteiger partial charge is 0.423 e. The van der Waals surface area contributed by atoms with E-state index < -0.39 is 17.6 Å². The maximum atomic E-state index is 14.7. The standard InChI is InChI=1S/C20H18F2O2/c1-2-3-13-4-10-17-14(12-13)5-11-18(19(17)22)20(23)24-16-8-6-15(21)7-9-16/h4-9,11H,2-3,10,12H2,1H3. The number of benzene rings is 2. The summed E-state index contributed by atoms with van der Waals surface area (Å²) in [7, 11) is 0. The van der Waals surface area contributed by atoms with Gasteiger partial charge in [0.2, 0.25) is 0 Å². The van der Waals surface area contributed by atoms with Gasteiger partial charge < -0.3 is 4.74 Å². The quantitative estimate of drug-likeness (QED) is 0.448. The second-order valence-electron chi connectivity index (χ2n) is 5.90. The zero-order chi connectivity index (χ0) is 17.1. The lowest BCUT2D eigenvalue weighted by Crippen LogP contribution is -2.15. The molecule has 0 radical (unpaired) electrons. The molecule has 0 saturated heterocycles. The van der Waals surface area contributed by atoms with Crippen LogP contribution in [0.3, 0.4) is 0 Å². The third-order valence-corrected chi connectivity index (χ3v) is 4.17. The van der Waals surface area contributed by atoms with E-state index in [2.05, 4.69) is 6.92 Å². The van der Waals surface area contributed by atoms with Crippen LogP contribution in [0.2, 0.25) is 0 Å². The van der Waals surface area contributed by atoms with Crippen LogP contribution in [0.4, 0.5) is 8.78 Å². The molecule has 0 bridgehead atoms. The van der Waals surface area contributed by atoms with Crippen LogP contribution in [0.5, 0.6) is 5.75 Å². The van der Waals surface area contributed by atoms with Gasteiger partial charge in [0.25, 0.3) is 0 Å². The molecule has 2 nitrogen and oxygen atoms in total. The van der Waals surface area contributed by atoms with Gasteiger partial charge in [-0.05, 0) is 60.7 Å². The van der Waals surface area contributed by atoms with Crippen LogP contribution in [-0.4, -0.2) is 5.97 Å². The van der Waals surface area contributed by atoms with Crippen molar-refractivity contribution in [2.75, 3.05) is 0 Å². The van der Waals surface area contributed by atoms with E-state index in [4.69, 9.17) is 4.74 Å². The number of rotatable bonds is 4. The Labute approximate surface area is 139 Å². The first-order valence-corrected chi connectivity index (χ1v) is 8.04. The fourth-order valence-electron chi connectivity index (χ4n) is 2.94. The molecule has 0 heterocycles. The van der Waals surface area contributed by atoms with Gasteiger partial charge in [-0.2, -0.15) is 0 Å². The molecular weight excluding hydrogens is 310 g/mol. The lowest BCUT2D eigenvalue weighted by molar-refractivity contribution is 0.0729. The van der Waals surface area contributed by atoms with Crippen molar-refractivity contribution in [2.45, 2.75) is 32.6 Å². The molecule has 0 aliphatic heterocycles. The minimum absolute atomic E-state index is 0.0922. The van der Waals surface area contributed by atoms with E-state index >= 15 is 0 Å². The maximum absolute atomic E-state index is 14.7. The Bertz CT molecular complexity index is 792. The first-order chi connectivity index (χ1) is 11.6. The Morgan fingerprint density at radius 2 is 1.88 bits per heavy atom. The van der Waals surface area contributed by atoms with Crippen LogP contribution < -0.4 is 4.74 Å². The molecule has 2 aromatic rings. The third-order valence-electron chi connectivity index (χ3n) is 4.17. The fraction of sp³-hybridized carbons (Fsp3) is 0.250. The van der Waals surface area contributed by atoms with E-state index in [1.54, 1.807) is 6.07 Å².